The van der Waals surface area contributed by atoms with Gasteiger partial charge in [0.1, 0.15) is 12.3 Å². The average Bonchev–Trinajstić information content (AvgIpc) is 3.02. The fourth-order valence-corrected chi connectivity index (χ4v) is 4.23. The summed E-state index contributed by atoms with van der Waals surface area (Å²) in [6, 6.07) is 13.2. The van der Waals surface area contributed by atoms with E-state index in [9.17, 15) is 9.59 Å². The standard InChI is InChI=1S/C22H21N3O3S/c1-13-5-4-6-17(9-13)24-20(26)11-25-18-10-16(22-14(2)29-15(3)23-22)7-8-19(18)28-12-21(25)27/h4-10H,11-12H2,1-3H3,(H,24,26). The minimum atomic E-state index is -0.261. The lowest BCUT2D eigenvalue weighted by Gasteiger charge is -2.29. The van der Waals surface area contributed by atoms with E-state index in [-0.39, 0.29) is 25.0 Å². The van der Waals surface area contributed by atoms with Gasteiger partial charge < -0.3 is 10.1 Å². The van der Waals surface area contributed by atoms with Crippen molar-refractivity contribution < 1.29 is 14.3 Å². The van der Waals surface area contributed by atoms with Gasteiger partial charge in [0.15, 0.2) is 6.61 Å². The van der Waals surface area contributed by atoms with E-state index >= 15 is 0 Å². The molecule has 0 bridgehead atoms. The molecule has 2 amide bonds. The first-order valence-corrected chi connectivity index (χ1v) is 10.1. The van der Waals surface area contributed by atoms with Crippen molar-refractivity contribution in [3.05, 3.63) is 57.9 Å². The second-order valence-corrected chi connectivity index (χ2v) is 8.41. The van der Waals surface area contributed by atoms with Crippen LogP contribution in [-0.4, -0.2) is 29.9 Å². The van der Waals surface area contributed by atoms with Crippen LogP contribution in [0.4, 0.5) is 11.4 Å². The maximum Gasteiger partial charge on any atom is 0.265 e. The number of fused-ring (bicyclic) bond motifs is 1. The van der Waals surface area contributed by atoms with Gasteiger partial charge >= 0.3 is 0 Å². The molecule has 7 heteroatoms. The molecule has 6 nitrogen and oxygen atoms in total. The predicted molar refractivity (Wildman–Crippen MR) is 115 cm³/mol. The van der Waals surface area contributed by atoms with E-state index in [2.05, 4.69) is 10.3 Å². The number of anilines is 2. The van der Waals surface area contributed by atoms with Crippen LogP contribution < -0.4 is 15.0 Å². The number of carbonyl (C=O) groups is 2. The molecular formula is C22H21N3O3S. The predicted octanol–water partition coefficient (Wildman–Crippen LogP) is 4.10. The first kappa shape index (κ1) is 19.1. The third-order valence-corrected chi connectivity index (χ3v) is 5.57. The van der Waals surface area contributed by atoms with Gasteiger partial charge in [-0.3, -0.25) is 14.5 Å². The molecule has 0 saturated carbocycles. The van der Waals surface area contributed by atoms with Gasteiger partial charge in [0, 0.05) is 16.1 Å². The number of amides is 2. The third kappa shape index (κ3) is 4.00. The number of thiazole rings is 1. The number of ether oxygens (including phenoxy) is 1. The van der Waals surface area contributed by atoms with Crippen molar-refractivity contribution >= 4 is 34.5 Å². The molecule has 0 radical (unpaired) electrons. The summed E-state index contributed by atoms with van der Waals surface area (Å²) in [5.41, 5.74) is 4.13. The molecule has 2 aromatic carbocycles. The lowest BCUT2D eigenvalue weighted by Crippen LogP contribution is -2.43. The number of hydrogen-bond acceptors (Lipinski definition) is 5. The Morgan fingerprint density at radius 2 is 2.03 bits per heavy atom. The number of nitrogens with zero attached hydrogens (tertiary/aromatic N) is 2. The molecule has 1 aliphatic heterocycles. The van der Waals surface area contributed by atoms with Gasteiger partial charge in [0.25, 0.3) is 5.91 Å². The molecule has 1 aliphatic rings. The van der Waals surface area contributed by atoms with Crippen molar-refractivity contribution in [2.24, 2.45) is 0 Å². The lowest BCUT2D eigenvalue weighted by atomic mass is 10.1. The number of benzene rings is 2. The van der Waals surface area contributed by atoms with Crippen LogP contribution in [0.25, 0.3) is 11.3 Å². The number of hydrogen-bond donors (Lipinski definition) is 1. The molecule has 3 aromatic rings. The van der Waals surface area contributed by atoms with Crippen LogP contribution in [-0.2, 0) is 9.59 Å². The smallest absolute Gasteiger partial charge is 0.265 e. The number of rotatable bonds is 4. The Hall–Kier alpha value is -3.19. The van der Waals surface area contributed by atoms with E-state index < -0.39 is 0 Å². The number of carbonyl (C=O) groups excluding carboxylic acids is 2. The number of aryl methyl sites for hydroxylation is 3. The minimum Gasteiger partial charge on any atom is -0.482 e. The monoisotopic (exact) mass is 407 g/mol. The molecule has 148 valence electrons. The van der Waals surface area contributed by atoms with Crippen molar-refractivity contribution in [3.8, 4) is 17.0 Å². The molecule has 0 saturated heterocycles. The molecule has 0 spiro atoms. The molecule has 4 rings (SSSR count). The highest BCUT2D eigenvalue weighted by atomic mass is 32.1. The van der Waals surface area contributed by atoms with Crippen LogP contribution in [0.15, 0.2) is 42.5 Å². The van der Waals surface area contributed by atoms with E-state index in [1.165, 1.54) is 4.90 Å². The van der Waals surface area contributed by atoms with E-state index in [4.69, 9.17) is 4.74 Å². The number of aromatic nitrogens is 1. The molecule has 1 N–H and O–H groups in total. The van der Waals surface area contributed by atoms with Crippen molar-refractivity contribution in [1.82, 2.24) is 4.98 Å². The average molecular weight is 407 g/mol. The zero-order chi connectivity index (χ0) is 20.5. The molecule has 0 fully saturated rings. The molecule has 0 atom stereocenters. The second-order valence-electron chi connectivity index (χ2n) is 7.01. The molecule has 29 heavy (non-hydrogen) atoms. The van der Waals surface area contributed by atoms with E-state index in [0.717, 1.165) is 26.7 Å². The molecule has 2 heterocycles. The van der Waals surface area contributed by atoms with Crippen LogP contribution in [0.2, 0.25) is 0 Å². The largest absolute Gasteiger partial charge is 0.482 e. The highest BCUT2D eigenvalue weighted by Crippen LogP contribution is 2.37. The molecule has 0 unspecified atom stereocenters. The topological polar surface area (TPSA) is 71.5 Å². The maximum absolute atomic E-state index is 12.6. The van der Waals surface area contributed by atoms with Crippen LogP contribution in [0, 0.1) is 20.8 Å². The van der Waals surface area contributed by atoms with Crippen LogP contribution >= 0.6 is 11.3 Å². The Balaban J connectivity index is 1.61. The number of nitrogens with one attached hydrogen (secondary N) is 1. The summed E-state index contributed by atoms with van der Waals surface area (Å²) < 4.78 is 5.57. The zero-order valence-electron chi connectivity index (χ0n) is 16.5. The third-order valence-electron chi connectivity index (χ3n) is 4.68. The first-order chi connectivity index (χ1) is 13.9. The fraction of sp³-hybridized carbons (Fsp3) is 0.227. The maximum atomic E-state index is 12.6. The molecule has 1 aromatic heterocycles. The van der Waals surface area contributed by atoms with Crippen LogP contribution in [0.3, 0.4) is 0 Å². The van der Waals surface area contributed by atoms with Gasteiger partial charge in [-0.2, -0.15) is 0 Å². The minimum absolute atomic E-state index is 0.0817. The summed E-state index contributed by atoms with van der Waals surface area (Å²) in [6.07, 6.45) is 0. The van der Waals surface area contributed by atoms with Gasteiger partial charge in [-0.05, 0) is 56.7 Å². The van der Waals surface area contributed by atoms with Gasteiger partial charge in [0.05, 0.1) is 16.4 Å². The van der Waals surface area contributed by atoms with Gasteiger partial charge in [-0.25, -0.2) is 4.98 Å². The van der Waals surface area contributed by atoms with E-state index in [0.29, 0.717) is 17.1 Å². The quantitative estimate of drug-likeness (QED) is 0.707. The van der Waals surface area contributed by atoms with Gasteiger partial charge in [-0.1, -0.05) is 12.1 Å². The summed E-state index contributed by atoms with van der Waals surface area (Å²) in [5, 5.41) is 3.84. The fourth-order valence-electron chi connectivity index (χ4n) is 3.39. The van der Waals surface area contributed by atoms with E-state index in [1.54, 1.807) is 11.3 Å². The SMILES string of the molecule is Cc1cccc(NC(=O)CN2C(=O)COc3ccc(-c4nc(C)sc4C)cc32)c1. The van der Waals surface area contributed by atoms with Gasteiger partial charge in [-0.15, -0.1) is 11.3 Å². The van der Waals surface area contributed by atoms with Crippen molar-refractivity contribution in [2.75, 3.05) is 23.4 Å². The summed E-state index contributed by atoms with van der Waals surface area (Å²) in [7, 11) is 0. The Kier molecular flexibility index (Phi) is 5.07. The van der Waals surface area contributed by atoms with E-state index in [1.807, 2.05) is 63.2 Å². The Morgan fingerprint density at radius 1 is 1.21 bits per heavy atom. The van der Waals surface area contributed by atoms with Gasteiger partial charge in [0.2, 0.25) is 5.91 Å². The molecular weight excluding hydrogens is 386 g/mol. The summed E-state index contributed by atoms with van der Waals surface area (Å²) in [5.74, 6) is 0.0735. The summed E-state index contributed by atoms with van der Waals surface area (Å²) in [6.45, 7) is 5.78. The van der Waals surface area contributed by atoms with Crippen LogP contribution in [0.1, 0.15) is 15.4 Å². The van der Waals surface area contributed by atoms with Crippen molar-refractivity contribution in [3.63, 3.8) is 0 Å². The Labute approximate surface area is 173 Å². The molecule has 0 aliphatic carbocycles. The lowest BCUT2D eigenvalue weighted by molar-refractivity contribution is -0.123. The second kappa shape index (κ2) is 7.67. The van der Waals surface area contributed by atoms with Crippen molar-refractivity contribution in [2.45, 2.75) is 20.8 Å². The Morgan fingerprint density at radius 3 is 2.76 bits per heavy atom. The Bertz CT molecular complexity index is 1110. The van der Waals surface area contributed by atoms with Crippen LogP contribution in [0.5, 0.6) is 5.75 Å². The normalized spacial score (nSPS) is 13.1. The summed E-state index contributed by atoms with van der Waals surface area (Å²) in [4.78, 5) is 32.3. The highest BCUT2D eigenvalue weighted by molar-refractivity contribution is 7.11. The first-order valence-electron chi connectivity index (χ1n) is 9.29. The summed E-state index contributed by atoms with van der Waals surface area (Å²) >= 11 is 1.63. The highest BCUT2D eigenvalue weighted by Gasteiger charge is 2.28. The van der Waals surface area contributed by atoms with Crippen molar-refractivity contribution in [1.29, 1.82) is 0 Å². The zero-order valence-corrected chi connectivity index (χ0v) is 17.3.